The van der Waals surface area contributed by atoms with Gasteiger partial charge in [0.15, 0.2) is 0 Å². The maximum absolute atomic E-state index is 12.3. The summed E-state index contributed by atoms with van der Waals surface area (Å²) in [7, 11) is -9.60. The van der Waals surface area contributed by atoms with Crippen LogP contribution in [0.4, 0.5) is 0 Å². The SMILES string of the molecule is C=CCC(=C)/C=C/[C@@](C)(O)[C@H]1O[C@@H]2C[C@@H]3O[C@@H]4C[C@@H]5O[C@@H]6C[C@@H]7O[C@@H]8C[C@@H]9O[C@@H]%10C[C@@H]%11O[C@](C)(CCCOS(=O)(=O)O)[C@@H](OS(=O)(=O)O)C[C@H]%11O[C@H]%10C[C@H]9O[C@H]8CC[C@@]7(C)O[C@@]6(C)CC[C@H](C)[C@H]5O[C@@H]4[C@@H](O)[C@]3(C)O[C@H]2CC1=C. The van der Waals surface area contributed by atoms with Crippen LogP contribution in [-0.4, -0.2) is 193 Å². The quantitative estimate of drug-likeness (QED) is 0.0819. The van der Waals surface area contributed by atoms with Crippen molar-refractivity contribution in [2.45, 2.75) is 288 Å². The van der Waals surface area contributed by atoms with Gasteiger partial charge in [0.2, 0.25) is 0 Å². The molecule has 23 heteroatoms. The van der Waals surface area contributed by atoms with Crippen LogP contribution in [0.15, 0.2) is 49.1 Å². The first-order valence-corrected chi connectivity index (χ1v) is 31.4. The van der Waals surface area contributed by atoms with Crippen LogP contribution in [0.25, 0.3) is 0 Å². The van der Waals surface area contributed by atoms with Gasteiger partial charge >= 0.3 is 20.8 Å². The van der Waals surface area contributed by atoms with E-state index in [1.807, 2.05) is 6.92 Å². The Bertz CT molecular complexity index is 2560. The smallest absolute Gasteiger partial charge is 0.387 e. The van der Waals surface area contributed by atoms with Crippen LogP contribution >= 0.6 is 0 Å². The molecule has 11 aliphatic rings. The topological polar surface area (TPSA) is 269 Å². The van der Waals surface area contributed by atoms with E-state index in [9.17, 15) is 31.6 Å². The van der Waals surface area contributed by atoms with Crippen LogP contribution in [0.5, 0.6) is 0 Å². The fraction of sp³-hybridized carbons (Fsp3) is 0.857. The molecule has 4 N–H and O–H groups in total. The summed E-state index contributed by atoms with van der Waals surface area (Å²) in [5, 5.41) is 24.0. The minimum atomic E-state index is -4.91. The summed E-state index contributed by atoms with van der Waals surface area (Å²) in [5.41, 5.74) is -3.54. The molecule has 0 saturated carbocycles. The third-order valence-corrected chi connectivity index (χ3v) is 20.8. The minimum Gasteiger partial charge on any atom is -0.387 e. The highest BCUT2D eigenvalue weighted by Gasteiger charge is 2.65. The summed E-state index contributed by atoms with van der Waals surface area (Å²) < 4.78 is 151. The Morgan fingerprint density at radius 1 is 0.696 bits per heavy atom. The van der Waals surface area contributed by atoms with E-state index in [1.54, 1.807) is 32.1 Å². The van der Waals surface area contributed by atoms with E-state index >= 15 is 0 Å². The van der Waals surface area contributed by atoms with Gasteiger partial charge in [-0.25, -0.2) is 8.37 Å². The van der Waals surface area contributed by atoms with Gasteiger partial charge in [0.05, 0.1) is 121 Å². The summed E-state index contributed by atoms with van der Waals surface area (Å²) in [6, 6.07) is 0. The molecule has 0 spiro atoms. The first-order chi connectivity index (χ1) is 37.0. The number of hydrogen-bond acceptors (Lipinski definition) is 19. The van der Waals surface area contributed by atoms with E-state index in [0.717, 1.165) is 18.4 Å². The van der Waals surface area contributed by atoms with E-state index in [-0.39, 0.29) is 86.7 Å². The van der Waals surface area contributed by atoms with Gasteiger partial charge in [-0.1, -0.05) is 43.9 Å². The second-order valence-corrected chi connectivity index (χ2v) is 28.0. The molecule has 11 heterocycles. The third kappa shape index (κ3) is 11.7. The molecule has 0 aromatic rings. The molecule has 11 aliphatic heterocycles. The number of allylic oxidation sites excluding steroid dienone is 3. The Hall–Kier alpha value is -1.82. The highest BCUT2D eigenvalue weighted by Crippen LogP contribution is 2.54. The van der Waals surface area contributed by atoms with Crippen molar-refractivity contribution >= 4 is 20.8 Å². The molecule has 26 atom stereocenters. The summed E-state index contributed by atoms with van der Waals surface area (Å²) >= 11 is 0. The molecule has 0 aromatic heterocycles. The molecule has 0 radical (unpaired) electrons. The van der Waals surface area contributed by atoms with E-state index < -0.39 is 116 Å². The Labute approximate surface area is 465 Å². The van der Waals surface area contributed by atoms with Crippen LogP contribution in [0.1, 0.15) is 138 Å². The zero-order valence-corrected chi connectivity index (χ0v) is 48.0. The lowest BCUT2D eigenvalue weighted by Gasteiger charge is -2.61. The molecule has 11 fully saturated rings. The lowest BCUT2D eigenvalue weighted by atomic mass is 9.73. The highest BCUT2D eigenvalue weighted by molar-refractivity contribution is 7.81. The van der Waals surface area contributed by atoms with Crippen LogP contribution in [0, 0.1) is 5.92 Å². The predicted molar refractivity (Wildman–Crippen MR) is 280 cm³/mol. The molecule has 0 aliphatic carbocycles. The summed E-state index contributed by atoms with van der Waals surface area (Å²) in [6.45, 7) is 23.5. The average Bonchev–Trinajstić information content (AvgIpc) is 3.76. The van der Waals surface area contributed by atoms with Crippen LogP contribution in [0.2, 0.25) is 0 Å². The van der Waals surface area contributed by atoms with Crippen molar-refractivity contribution in [2.24, 2.45) is 5.92 Å². The average molecular weight is 1160 g/mol. The van der Waals surface area contributed by atoms with Crippen molar-refractivity contribution in [3.05, 3.63) is 49.1 Å². The Kier molecular flexibility index (Phi) is 16.1. The Morgan fingerprint density at radius 2 is 1.27 bits per heavy atom. The van der Waals surface area contributed by atoms with E-state index in [2.05, 4.69) is 44.7 Å². The number of ether oxygens (including phenoxy) is 11. The van der Waals surface area contributed by atoms with Crippen molar-refractivity contribution in [2.75, 3.05) is 6.61 Å². The fourth-order valence-corrected chi connectivity index (χ4v) is 16.4. The number of hydrogen-bond donors (Lipinski definition) is 4. The first kappa shape index (κ1) is 58.9. The summed E-state index contributed by atoms with van der Waals surface area (Å²) in [4.78, 5) is 0. The zero-order valence-electron chi connectivity index (χ0n) is 46.3. The van der Waals surface area contributed by atoms with Crippen molar-refractivity contribution in [3.8, 4) is 0 Å². The van der Waals surface area contributed by atoms with Crippen LogP contribution in [0.3, 0.4) is 0 Å². The molecule has 11 rings (SSSR count). The van der Waals surface area contributed by atoms with Crippen LogP contribution in [-0.2, 0) is 81.3 Å². The molecule has 0 amide bonds. The van der Waals surface area contributed by atoms with Gasteiger partial charge in [-0.2, -0.15) is 16.8 Å². The van der Waals surface area contributed by atoms with Gasteiger partial charge < -0.3 is 62.3 Å². The van der Waals surface area contributed by atoms with Crippen molar-refractivity contribution < 1.29 is 96.6 Å². The Balaban J connectivity index is 0.745. The van der Waals surface area contributed by atoms with Gasteiger partial charge in [-0.3, -0.25) is 9.11 Å². The molecule has 446 valence electrons. The largest absolute Gasteiger partial charge is 0.397 e. The molecule has 0 bridgehead atoms. The normalized spacial score (nSPS) is 50.5. The van der Waals surface area contributed by atoms with E-state index in [1.165, 1.54) is 0 Å². The van der Waals surface area contributed by atoms with Crippen molar-refractivity contribution in [3.63, 3.8) is 0 Å². The maximum atomic E-state index is 12.3. The van der Waals surface area contributed by atoms with Gasteiger partial charge in [0.1, 0.15) is 35.6 Å². The lowest BCUT2D eigenvalue weighted by molar-refractivity contribution is -0.369. The molecule has 21 nitrogen and oxygen atoms in total. The fourth-order valence-electron chi connectivity index (χ4n) is 15.5. The second-order valence-electron chi connectivity index (χ2n) is 25.9. The lowest BCUT2D eigenvalue weighted by Crippen LogP contribution is -2.74. The molecule has 79 heavy (non-hydrogen) atoms. The summed E-state index contributed by atoms with van der Waals surface area (Å²) in [5.74, 6) is 0.0693. The van der Waals surface area contributed by atoms with Gasteiger partial charge in [0, 0.05) is 44.9 Å². The van der Waals surface area contributed by atoms with Gasteiger partial charge in [-0.15, -0.1) is 6.58 Å². The van der Waals surface area contributed by atoms with Gasteiger partial charge in [-0.05, 0) is 97.5 Å². The summed E-state index contributed by atoms with van der Waals surface area (Å²) in [6.07, 6.45) is 2.61. The minimum absolute atomic E-state index is 0.0618. The Morgan fingerprint density at radius 3 is 1.92 bits per heavy atom. The monoisotopic (exact) mass is 1160 g/mol. The van der Waals surface area contributed by atoms with Crippen LogP contribution < -0.4 is 0 Å². The number of aliphatic hydroxyl groups is 2. The highest BCUT2D eigenvalue weighted by atomic mass is 32.3. The van der Waals surface area contributed by atoms with E-state index in [0.29, 0.717) is 69.8 Å². The standard InChI is InChI=1S/C56H84O21S2/c1-10-12-29(2)13-17-52(5,58)51-31(4)21-40-39(72-51)27-47-56(9,75-40)50(57)49-43(71-47)25-42-48(73-49)30(3)14-18-54(7)45(70-42)28-44-55(8,77-54)19-15-32-33(69-44)22-35-34(66-32)23-36-37(67-35)24-41-38(68-36)26-46(76-79(62,63)64)53(6,74-41)16-11-20-65-78(59,60)61/h10,13,17,30,32-51,57-58H,1-2,4,11-12,14-16,18-28H2,3,5-9H3,(H,59,60,61)(H,62,63,64)/b17-13+/t30-,32-,33+,34+,35-,36-,37+,38+,39+,40-,41-,42-,43+,44-,45+,46-,47-,48+,49-,50+,51-,52+,53+,54-,55+,56+/m0/s1. The zero-order chi connectivity index (χ0) is 56.4. The number of fused-ring (bicyclic) bond motifs is 10. The maximum Gasteiger partial charge on any atom is 0.397 e. The molecule has 11 saturated heterocycles. The molecule has 0 unspecified atom stereocenters. The van der Waals surface area contributed by atoms with Crippen molar-refractivity contribution in [1.29, 1.82) is 0 Å². The third-order valence-electron chi connectivity index (χ3n) is 19.8. The number of aliphatic hydroxyl groups excluding tert-OH is 1. The first-order valence-electron chi connectivity index (χ1n) is 28.7. The second kappa shape index (κ2) is 21.6. The molecular formula is C56H84O21S2. The molecular weight excluding hydrogens is 1070 g/mol. The van der Waals surface area contributed by atoms with Gasteiger partial charge in [0.25, 0.3) is 0 Å². The molecule has 0 aromatic carbocycles. The predicted octanol–water partition coefficient (Wildman–Crippen LogP) is 5.45. The number of rotatable bonds is 12. The van der Waals surface area contributed by atoms with E-state index in [4.69, 9.17) is 60.8 Å². The van der Waals surface area contributed by atoms with Crippen molar-refractivity contribution in [1.82, 2.24) is 0 Å².